The molecule has 0 saturated carbocycles. The average molecular weight is 187 g/mol. The largest absolute Gasteiger partial charge is 0.480 e. The van der Waals surface area contributed by atoms with Gasteiger partial charge in [-0.25, -0.2) is 0 Å². The average Bonchev–Trinajstić information content (AvgIpc) is 1.96. The maximum atomic E-state index is 10.9. The fourth-order valence-corrected chi connectivity index (χ4v) is 1.09. The lowest BCUT2D eigenvalue weighted by Crippen LogP contribution is -2.49. The molecule has 0 bridgehead atoms. The van der Waals surface area contributed by atoms with Crippen molar-refractivity contribution in [3.05, 3.63) is 0 Å². The van der Waals surface area contributed by atoms with Crippen LogP contribution in [0.5, 0.6) is 0 Å². The second-order valence-corrected chi connectivity index (χ2v) is 4.61. The number of hydrogen-bond acceptors (Lipinski definition) is 2. The maximum Gasteiger partial charge on any atom is 0.321 e. The Morgan fingerprint density at radius 2 is 1.92 bits per heavy atom. The van der Waals surface area contributed by atoms with E-state index in [9.17, 15) is 4.79 Å². The zero-order valence-electron chi connectivity index (χ0n) is 9.22. The van der Waals surface area contributed by atoms with Gasteiger partial charge in [0.2, 0.25) is 0 Å². The highest BCUT2D eigenvalue weighted by molar-refractivity contribution is 5.74. The van der Waals surface area contributed by atoms with Gasteiger partial charge in [-0.05, 0) is 18.8 Å². The number of rotatable bonds is 4. The Balaban J connectivity index is 4.37. The minimum Gasteiger partial charge on any atom is -0.480 e. The van der Waals surface area contributed by atoms with E-state index in [0.717, 1.165) is 6.42 Å². The quantitative estimate of drug-likeness (QED) is 0.706. The van der Waals surface area contributed by atoms with Crippen LogP contribution in [-0.4, -0.2) is 23.2 Å². The zero-order chi connectivity index (χ0) is 10.6. The van der Waals surface area contributed by atoms with Crippen LogP contribution in [0, 0.1) is 5.41 Å². The van der Waals surface area contributed by atoms with Crippen LogP contribution in [0.2, 0.25) is 0 Å². The summed E-state index contributed by atoms with van der Waals surface area (Å²) in [5, 5.41) is 12.1. The smallest absolute Gasteiger partial charge is 0.321 e. The van der Waals surface area contributed by atoms with E-state index < -0.39 is 12.0 Å². The molecule has 0 aliphatic rings. The van der Waals surface area contributed by atoms with Gasteiger partial charge in [-0.1, -0.05) is 27.7 Å². The van der Waals surface area contributed by atoms with Crippen LogP contribution in [0.3, 0.4) is 0 Å². The molecule has 0 rings (SSSR count). The first-order valence-corrected chi connectivity index (χ1v) is 4.78. The molecule has 0 aromatic carbocycles. The molecule has 0 aliphatic heterocycles. The van der Waals surface area contributed by atoms with Crippen molar-refractivity contribution in [1.29, 1.82) is 0 Å². The van der Waals surface area contributed by atoms with Gasteiger partial charge in [0.25, 0.3) is 0 Å². The lowest BCUT2D eigenvalue weighted by Gasteiger charge is -2.30. The lowest BCUT2D eigenvalue weighted by atomic mass is 9.86. The van der Waals surface area contributed by atoms with Crippen LogP contribution in [0.25, 0.3) is 0 Å². The van der Waals surface area contributed by atoms with Crippen LogP contribution in [-0.2, 0) is 4.79 Å². The predicted molar refractivity (Wildman–Crippen MR) is 53.8 cm³/mol. The molecule has 2 N–H and O–H groups in total. The van der Waals surface area contributed by atoms with E-state index in [4.69, 9.17) is 5.11 Å². The van der Waals surface area contributed by atoms with Crippen molar-refractivity contribution in [2.45, 2.75) is 53.1 Å². The van der Waals surface area contributed by atoms with Crippen molar-refractivity contribution >= 4 is 5.97 Å². The third-order valence-electron chi connectivity index (χ3n) is 2.18. The first kappa shape index (κ1) is 12.4. The van der Waals surface area contributed by atoms with Crippen LogP contribution in [0.4, 0.5) is 0 Å². The molecule has 0 amide bonds. The molecular formula is C10H21NO2. The Kier molecular flexibility index (Phi) is 4.40. The van der Waals surface area contributed by atoms with Crippen LogP contribution >= 0.6 is 0 Å². The molecule has 0 aliphatic carbocycles. The fraction of sp³-hybridized carbons (Fsp3) is 0.900. The molecule has 3 nitrogen and oxygen atoms in total. The van der Waals surface area contributed by atoms with Crippen molar-refractivity contribution in [2.75, 3.05) is 0 Å². The van der Waals surface area contributed by atoms with Gasteiger partial charge in [-0.15, -0.1) is 0 Å². The number of carbonyl (C=O) groups is 1. The standard InChI is InChI=1S/C10H21NO2/c1-6-7(2)11-8(9(12)13)10(3,4)5/h7-8,11H,6H2,1-5H3,(H,12,13). The Hall–Kier alpha value is -0.570. The van der Waals surface area contributed by atoms with Gasteiger partial charge in [0.05, 0.1) is 0 Å². The SMILES string of the molecule is CCC(C)NC(C(=O)O)C(C)(C)C. The predicted octanol–water partition coefficient (Wildman–Crippen LogP) is 1.87. The Morgan fingerprint density at radius 3 is 2.15 bits per heavy atom. The van der Waals surface area contributed by atoms with Crippen molar-refractivity contribution < 1.29 is 9.90 Å². The molecule has 0 fully saturated rings. The van der Waals surface area contributed by atoms with Crippen molar-refractivity contribution in [1.82, 2.24) is 5.32 Å². The molecule has 0 radical (unpaired) electrons. The van der Waals surface area contributed by atoms with Gasteiger partial charge in [-0.2, -0.15) is 0 Å². The monoisotopic (exact) mass is 187 g/mol. The lowest BCUT2D eigenvalue weighted by molar-refractivity contribution is -0.142. The number of aliphatic carboxylic acids is 1. The van der Waals surface area contributed by atoms with Gasteiger partial charge >= 0.3 is 5.97 Å². The Labute approximate surface area is 80.5 Å². The van der Waals surface area contributed by atoms with E-state index >= 15 is 0 Å². The minimum absolute atomic E-state index is 0.241. The summed E-state index contributed by atoms with van der Waals surface area (Å²) in [6.07, 6.45) is 0.944. The topological polar surface area (TPSA) is 49.3 Å². The second-order valence-electron chi connectivity index (χ2n) is 4.61. The number of carboxylic acids is 1. The number of nitrogens with one attached hydrogen (secondary N) is 1. The van der Waals surface area contributed by atoms with Gasteiger partial charge in [0.1, 0.15) is 6.04 Å². The maximum absolute atomic E-state index is 10.9. The molecule has 2 unspecified atom stereocenters. The van der Waals surface area contributed by atoms with E-state index in [0.29, 0.717) is 0 Å². The van der Waals surface area contributed by atoms with Gasteiger partial charge < -0.3 is 10.4 Å². The summed E-state index contributed by atoms with van der Waals surface area (Å²) < 4.78 is 0. The second kappa shape index (κ2) is 4.61. The summed E-state index contributed by atoms with van der Waals surface area (Å²) in [6, 6.07) is -0.220. The van der Waals surface area contributed by atoms with Crippen LogP contribution in [0.15, 0.2) is 0 Å². The minimum atomic E-state index is -0.771. The van der Waals surface area contributed by atoms with E-state index in [2.05, 4.69) is 5.32 Å². The van der Waals surface area contributed by atoms with Crippen molar-refractivity contribution in [3.8, 4) is 0 Å². The van der Waals surface area contributed by atoms with Gasteiger partial charge in [-0.3, -0.25) is 4.79 Å². The zero-order valence-corrected chi connectivity index (χ0v) is 9.22. The van der Waals surface area contributed by atoms with Gasteiger partial charge in [0, 0.05) is 6.04 Å². The molecule has 0 spiro atoms. The molecule has 2 atom stereocenters. The van der Waals surface area contributed by atoms with Crippen LogP contribution < -0.4 is 5.32 Å². The molecule has 78 valence electrons. The summed E-state index contributed by atoms with van der Waals surface area (Å²) in [5.74, 6) is -0.771. The first-order valence-electron chi connectivity index (χ1n) is 4.78. The molecule has 0 aromatic heterocycles. The summed E-state index contributed by atoms with van der Waals surface area (Å²) >= 11 is 0. The molecule has 3 heteroatoms. The van der Waals surface area contributed by atoms with Crippen molar-refractivity contribution in [2.24, 2.45) is 5.41 Å². The Morgan fingerprint density at radius 1 is 1.46 bits per heavy atom. The first-order chi connectivity index (χ1) is 5.79. The molecule has 13 heavy (non-hydrogen) atoms. The number of hydrogen-bond donors (Lipinski definition) is 2. The highest BCUT2D eigenvalue weighted by atomic mass is 16.4. The third kappa shape index (κ3) is 4.27. The highest BCUT2D eigenvalue weighted by Crippen LogP contribution is 2.20. The van der Waals surface area contributed by atoms with E-state index in [1.54, 1.807) is 0 Å². The molecular weight excluding hydrogens is 166 g/mol. The van der Waals surface area contributed by atoms with E-state index in [1.165, 1.54) is 0 Å². The summed E-state index contributed by atoms with van der Waals surface area (Å²) in [7, 11) is 0. The normalized spacial score (nSPS) is 16.7. The number of carboxylic acid groups (broad SMARTS) is 1. The molecule has 0 heterocycles. The van der Waals surface area contributed by atoms with E-state index in [1.807, 2.05) is 34.6 Å². The molecule has 0 saturated heterocycles. The fourth-order valence-electron chi connectivity index (χ4n) is 1.09. The van der Waals surface area contributed by atoms with E-state index in [-0.39, 0.29) is 11.5 Å². The summed E-state index contributed by atoms with van der Waals surface area (Å²) in [6.45, 7) is 9.84. The highest BCUT2D eigenvalue weighted by Gasteiger charge is 2.31. The molecule has 0 aromatic rings. The van der Waals surface area contributed by atoms with Crippen LogP contribution in [0.1, 0.15) is 41.0 Å². The summed E-state index contributed by atoms with van der Waals surface area (Å²) in [5.41, 5.74) is -0.241. The summed E-state index contributed by atoms with van der Waals surface area (Å²) in [4.78, 5) is 10.9. The third-order valence-corrected chi connectivity index (χ3v) is 2.18. The van der Waals surface area contributed by atoms with Crippen molar-refractivity contribution in [3.63, 3.8) is 0 Å². The van der Waals surface area contributed by atoms with Gasteiger partial charge in [0.15, 0.2) is 0 Å². The Bertz CT molecular complexity index is 172.